The molecule has 18 heavy (non-hydrogen) atoms. The lowest BCUT2D eigenvalue weighted by Gasteiger charge is -2.27. The molecule has 0 bridgehead atoms. The zero-order valence-corrected chi connectivity index (χ0v) is 11.2. The quantitative estimate of drug-likeness (QED) is 0.870. The van der Waals surface area contributed by atoms with Crippen molar-refractivity contribution < 1.29 is 4.39 Å². The Morgan fingerprint density at radius 1 is 1.28 bits per heavy atom. The van der Waals surface area contributed by atoms with E-state index >= 15 is 0 Å². The maximum Gasteiger partial charge on any atom is 0.127 e. The van der Waals surface area contributed by atoms with Crippen LogP contribution in [-0.4, -0.2) is 24.0 Å². The lowest BCUT2D eigenvalue weighted by molar-refractivity contribution is 0.271. The standard InChI is InChI=1S/C15H23FN2/c1-18(11-10-15(17)8-4-5-9-15)12-13-6-2-3-7-14(13)16/h2-3,6-7H,4-5,8-12,17H2,1H3. The van der Waals surface area contributed by atoms with Gasteiger partial charge in [0.2, 0.25) is 0 Å². The van der Waals surface area contributed by atoms with Crippen molar-refractivity contribution >= 4 is 0 Å². The van der Waals surface area contributed by atoms with Crippen molar-refractivity contribution in [1.82, 2.24) is 4.90 Å². The van der Waals surface area contributed by atoms with Crippen LogP contribution in [0.25, 0.3) is 0 Å². The van der Waals surface area contributed by atoms with Gasteiger partial charge in [0.1, 0.15) is 5.82 Å². The van der Waals surface area contributed by atoms with Gasteiger partial charge >= 0.3 is 0 Å². The van der Waals surface area contributed by atoms with E-state index < -0.39 is 0 Å². The van der Waals surface area contributed by atoms with Crippen molar-refractivity contribution in [2.75, 3.05) is 13.6 Å². The lowest BCUT2D eigenvalue weighted by atomic mass is 9.94. The summed E-state index contributed by atoms with van der Waals surface area (Å²) in [6, 6.07) is 6.98. The molecule has 2 rings (SSSR count). The fourth-order valence-corrected chi connectivity index (χ4v) is 2.74. The zero-order chi connectivity index (χ0) is 13.0. The Labute approximate surface area is 109 Å². The highest BCUT2D eigenvalue weighted by Gasteiger charge is 2.28. The second kappa shape index (κ2) is 5.81. The Morgan fingerprint density at radius 3 is 2.61 bits per heavy atom. The first-order chi connectivity index (χ1) is 8.59. The topological polar surface area (TPSA) is 29.3 Å². The van der Waals surface area contributed by atoms with Crippen molar-refractivity contribution in [1.29, 1.82) is 0 Å². The van der Waals surface area contributed by atoms with Crippen LogP contribution in [0.1, 0.15) is 37.7 Å². The van der Waals surface area contributed by atoms with Crippen LogP contribution in [0.2, 0.25) is 0 Å². The van der Waals surface area contributed by atoms with Crippen LogP contribution in [-0.2, 0) is 6.54 Å². The Hall–Kier alpha value is -0.930. The summed E-state index contributed by atoms with van der Waals surface area (Å²) in [4.78, 5) is 2.16. The molecule has 1 saturated carbocycles. The molecule has 2 nitrogen and oxygen atoms in total. The number of nitrogens with zero attached hydrogens (tertiary/aromatic N) is 1. The number of nitrogens with two attached hydrogens (primary N) is 1. The Balaban J connectivity index is 1.82. The van der Waals surface area contributed by atoms with E-state index in [0.717, 1.165) is 31.4 Å². The summed E-state index contributed by atoms with van der Waals surface area (Å²) in [5.41, 5.74) is 7.12. The van der Waals surface area contributed by atoms with Crippen molar-refractivity contribution in [3.8, 4) is 0 Å². The minimum Gasteiger partial charge on any atom is -0.325 e. The van der Waals surface area contributed by atoms with Gasteiger partial charge in [0.25, 0.3) is 0 Å². The molecule has 1 aliphatic rings. The maximum atomic E-state index is 13.5. The first kappa shape index (κ1) is 13.5. The monoisotopic (exact) mass is 250 g/mol. The predicted octanol–water partition coefficient (Wildman–Crippen LogP) is 2.92. The maximum absolute atomic E-state index is 13.5. The molecule has 0 aliphatic heterocycles. The highest BCUT2D eigenvalue weighted by molar-refractivity contribution is 5.16. The number of rotatable bonds is 5. The van der Waals surface area contributed by atoms with Gasteiger partial charge < -0.3 is 10.6 Å². The normalized spacial score (nSPS) is 18.4. The van der Waals surface area contributed by atoms with E-state index in [-0.39, 0.29) is 11.4 Å². The van der Waals surface area contributed by atoms with Crippen LogP contribution >= 0.6 is 0 Å². The highest BCUT2D eigenvalue weighted by atomic mass is 19.1. The van der Waals surface area contributed by atoms with E-state index in [4.69, 9.17) is 5.73 Å². The molecule has 1 aromatic carbocycles. The number of benzene rings is 1. The Kier molecular flexibility index (Phi) is 4.36. The second-order valence-corrected chi connectivity index (χ2v) is 5.65. The van der Waals surface area contributed by atoms with Gasteiger partial charge in [0, 0.05) is 17.6 Å². The third-order valence-electron chi connectivity index (χ3n) is 3.99. The summed E-state index contributed by atoms with van der Waals surface area (Å²) >= 11 is 0. The average Bonchev–Trinajstić information content (AvgIpc) is 2.77. The number of halogens is 1. The van der Waals surface area contributed by atoms with E-state index in [1.165, 1.54) is 18.9 Å². The molecule has 0 radical (unpaired) electrons. The van der Waals surface area contributed by atoms with Crippen molar-refractivity contribution in [3.05, 3.63) is 35.6 Å². The van der Waals surface area contributed by atoms with E-state index in [1.807, 2.05) is 19.2 Å². The van der Waals surface area contributed by atoms with Gasteiger partial charge in [-0.3, -0.25) is 0 Å². The molecule has 0 aromatic heterocycles. The zero-order valence-electron chi connectivity index (χ0n) is 11.2. The van der Waals surface area contributed by atoms with Gasteiger partial charge in [0.05, 0.1) is 0 Å². The van der Waals surface area contributed by atoms with Crippen LogP contribution in [0.3, 0.4) is 0 Å². The Bertz CT molecular complexity index is 386. The molecule has 100 valence electrons. The molecule has 1 fully saturated rings. The van der Waals surface area contributed by atoms with Crippen LogP contribution < -0.4 is 5.73 Å². The van der Waals surface area contributed by atoms with E-state index in [9.17, 15) is 4.39 Å². The van der Waals surface area contributed by atoms with E-state index in [1.54, 1.807) is 6.07 Å². The molecule has 0 heterocycles. The first-order valence-electron chi connectivity index (χ1n) is 6.80. The summed E-state index contributed by atoms with van der Waals surface area (Å²) in [6.07, 6.45) is 5.81. The molecule has 0 saturated heterocycles. The Morgan fingerprint density at radius 2 is 1.94 bits per heavy atom. The fourth-order valence-electron chi connectivity index (χ4n) is 2.74. The smallest absolute Gasteiger partial charge is 0.127 e. The highest BCUT2D eigenvalue weighted by Crippen LogP contribution is 2.30. The van der Waals surface area contributed by atoms with Crippen LogP contribution in [0.4, 0.5) is 4.39 Å². The molecular weight excluding hydrogens is 227 g/mol. The van der Waals surface area contributed by atoms with Gasteiger partial charge in [-0.25, -0.2) is 4.39 Å². The van der Waals surface area contributed by atoms with Gasteiger partial charge in [0.15, 0.2) is 0 Å². The minimum absolute atomic E-state index is 0.0312. The summed E-state index contributed by atoms with van der Waals surface area (Å²) < 4.78 is 13.5. The minimum atomic E-state index is -0.118. The molecule has 0 amide bonds. The molecule has 3 heteroatoms. The van der Waals surface area contributed by atoms with Gasteiger partial charge in [-0.15, -0.1) is 0 Å². The van der Waals surface area contributed by atoms with Crippen molar-refractivity contribution in [2.45, 2.75) is 44.2 Å². The first-order valence-corrected chi connectivity index (χ1v) is 6.80. The van der Waals surface area contributed by atoms with E-state index in [0.29, 0.717) is 6.54 Å². The number of hydrogen-bond donors (Lipinski definition) is 1. The largest absolute Gasteiger partial charge is 0.325 e. The average molecular weight is 250 g/mol. The molecule has 0 spiro atoms. The summed E-state index contributed by atoms with van der Waals surface area (Å²) in [5.74, 6) is -0.118. The van der Waals surface area contributed by atoms with Crippen LogP contribution in [0.5, 0.6) is 0 Å². The third-order valence-corrected chi connectivity index (χ3v) is 3.99. The summed E-state index contributed by atoms with van der Waals surface area (Å²) in [6.45, 7) is 1.59. The van der Waals surface area contributed by atoms with Gasteiger partial charge in [-0.05, 0) is 38.9 Å². The van der Waals surface area contributed by atoms with E-state index in [2.05, 4.69) is 4.90 Å². The van der Waals surface area contributed by atoms with Crippen LogP contribution in [0, 0.1) is 5.82 Å². The van der Waals surface area contributed by atoms with Gasteiger partial charge in [-0.1, -0.05) is 31.0 Å². The molecule has 0 unspecified atom stereocenters. The second-order valence-electron chi connectivity index (χ2n) is 5.65. The van der Waals surface area contributed by atoms with Gasteiger partial charge in [-0.2, -0.15) is 0 Å². The third kappa shape index (κ3) is 3.53. The summed E-state index contributed by atoms with van der Waals surface area (Å²) in [7, 11) is 2.03. The van der Waals surface area contributed by atoms with Crippen molar-refractivity contribution in [3.63, 3.8) is 0 Å². The molecule has 0 atom stereocenters. The summed E-state index contributed by atoms with van der Waals surface area (Å²) in [5, 5.41) is 0. The number of hydrogen-bond acceptors (Lipinski definition) is 2. The molecule has 1 aliphatic carbocycles. The molecule has 1 aromatic rings. The molecule has 2 N–H and O–H groups in total. The predicted molar refractivity (Wildman–Crippen MR) is 72.7 cm³/mol. The van der Waals surface area contributed by atoms with Crippen molar-refractivity contribution in [2.24, 2.45) is 5.73 Å². The lowest BCUT2D eigenvalue weighted by Crippen LogP contribution is -2.39. The molecular formula is C15H23FN2. The SMILES string of the molecule is CN(CCC1(N)CCCC1)Cc1ccccc1F. The van der Waals surface area contributed by atoms with Crippen LogP contribution in [0.15, 0.2) is 24.3 Å². The fraction of sp³-hybridized carbons (Fsp3) is 0.600.